The van der Waals surface area contributed by atoms with Gasteiger partial charge in [0.1, 0.15) is 0 Å². The first-order chi connectivity index (χ1) is 9.43. The number of hydrogen-bond donors (Lipinski definition) is 1. The van der Waals surface area contributed by atoms with Gasteiger partial charge < -0.3 is 5.73 Å². The Bertz CT molecular complexity index is 609. The Labute approximate surface area is 121 Å². The molecular formula is C17H25N3. The van der Waals surface area contributed by atoms with Crippen LogP contribution < -0.4 is 5.73 Å². The lowest BCUT2D eigenvalue weighted by molar-refractivity contribution is 0.733. The lowest BCUT2D eigenvalue weighted by Gasteiger charge is -2.12. The predicted octanol–water partition coefficient (Wildman–Crippen LogP) is 3.25. The average Bonchev–Trinajstić information content (AvgIpc) is 2.66. The van der Waals surface area contributed by atoms with Crippen molar-refractivity contribution in [3.63, 3.8) is 0 Å². The molecule has 0 spiro atoms. The summed E-state index contributed by atoms with van der Waals surface area (Å²) < 4.78 is 2.05. The minimum absolute atomic E-state index is 0.194. The van der Waals surface area contributed by atoms with E-state index < -0.39 is 0 Å². The molecule has 0 saturated carbocycles. The summed E-state index contributed by atoms with van der Waals surface area (Å²) in [6.45, 7) is 10.6. The largest absolute Gasteiger partial charge is 0.328 e. The highest BCUT2D eigenvalue weighted by atomic mass is 15.3. The fourth-order valence-corrected chi connectivity index (χ4v) is 2.83. The van der Waals surface area contributed by atoms with E-state index in [4.69, 9.17) is 5.73 Å². The second kappa shape index (κ2) is 5.80. The number of nitrogens with zero attached hydrogens (tertiary/aromatic N) is 2. The molecule has 1 aromatic carbocycles. The molecule has 0 aliphatic heterocycles. The Hall–Kier alpha value is -1.61. The molecule has 1 heterocycles. The van der Waals surface area contributed by atoms with E-state index in [9.17, 15) is 0 Å². The standard InChI is InChI=1S/C17H25N3/c1-6-17-13(4)19-20(14(17)5)16-8-7-15(10-12(3)18)11(2)9-16/h7-9,12H,6,10,18H2,1-5H3. The molecule has 1 aromatic heterocycles. The second-order valence-corrected chi connectivity index (χ2v) is 5.71. The first-order valence-electron chi connectivity index (χ1n) is 7.34. The van der Waals surface area contributed by atoms with Crippen LogP contribution in [-0.2, 0) is 12.8 Å². The number of hydrogen-bond acceptors (Lipinski definition) is 2. The summed E-state index contributed by atoms with van der Waals surface area (Å²) >= 11 is 0. The molecule has 0 saturated heterocycles. The van der Waals surface area contributed by atoms with Gasteiger partial charge in [0, 0.05) is 11.7 Å². The van der Waals surface area contributed by atoms with Crippen LogP contribution >= 0.6 is 0 Å². The van der Waals surface area contributed by atoms with Crippen molar-refractivity contribution in [1.29, 1.82) is 0 Å². The summed E-state index contributed by atoms with van der Waals surface area (Å²) in [7, 11) is 0. The molecule has 1 atom stereocenters. The molecule has 0 bridgehead atoms. The zero-order valence-electron chi connectivity index (χ0n) is 13.2. The fraction of sp³-hybridized carbons (Fsp3) is 0.471. The van der Waals surface area contributed by atoms with E-state index >= 15 is 0 Å². The van der Waals surface area contributed by atoms with Crippen LogP contribution in [0.4, 0.5) is 0 Å². The van der Waals surface area contributed by atoms with E-state index in [0.29, 0.717) is 0 Å². The van der Waals surface area contributed by atoms with E-state index in [0.717, 1.165) is 24.2 Å². The van der Waals surface area contributed by atoms with Gasteiger partial charge in [-0.25, -0.2) is 4.68 Å². The highest BCUT2D eigenvalue weighted by molar-refractivity contribution is 5.42. The lowest BCUT2D eigenvalue weighted by atomic mass is 10.0. The van der Waals surface area contributed by atoms with Crippen LogP contribution in [0, 0.1) is 20.8 Å². The third-order valence-electron chi connectivity index (χ3n) is 3.91. The molecule has 20 heavy (non-hydrogen) atoms. The third-order valence-corrected chi connectivity index (χ3v) is 3.91. The molecule has 0 aliphatic carbocycles. The van der Waals surface area contributed by atoms with Crippen LogP contribution in [0.2, 0.25) is 0 Å². The van der Waals surface area contributed by atoms with E-state index in [2.05, 4.69) is 55.7 Å². The van der Waals surface area contributed by atoms with Crippen LogP contribution in [0.3, 0.4) is 0 Å². The van der Waals surface area contributed by atoms with Gasteiger partial charge in [-0.05, 0) is 69.4 Å². The smallest absolute Gasteiger partial charge is 0.0651 e. The maximum Gasteiger partial charge on any atom is 0.0651 e. The van der Waals surface area contributed by atoms with E-state index in [1.807, 2.05) is 6.92 Å². The number of nitrogens with two attached hydrogens (primary N) is 1. The average molecular weight is 271 g/mol. The van der Waals surface area contributed by atoms with Crippen LogP contribution in [0.15, 0.2) is 18.2 Å². The van der Waals surface area contributed by atoms with E-state index in [-0.39, 0.29) is 6.04 Å². The van der Waals surface area contributed by atoms with E-state index in [1.54, 1.807) is 0 Å². The van der Waals surface area contributed by atoms with Crippen molar-refractivity contribution in [3.8, 4) is 5.69 Å². The van der Waals surface area contributed by atoms with Crippen LogP contribution in [-0.4, -0.2) is 15.8 Å². The molecule has 108 valence electrons. The number of rotatable bonds is 4. The maximum atomic E-state index is 5.89. The van der Waals surface area contributed by atoms with Gasteiger partial charge in [0.05, 0.1) is 11.4 Å². The van der Waals surface area contributed by atoms with Gasteiger partial charge in [-0.1, -0.05) is 13.0 Å². The first kappa shape index (κ1) is 14.8. The molecule has 2 rings (SSSR count). The summed E-state index contributed by atoms with van der Waals surface area (Å²) in [6.07, 6.45) is 1.95. The zero-order valence-corrected chi connectivity index (χ0v) is 13.2. The highest BCUT2D eigenvalue weighted by Crippen LogP contribution is 2.21. The molecule has 1 unspecified atom stereocenters. The Kier molecular flexibility index (Phi) is 4.29. The number of aromatic nitrogens is 2. The molecule has 3 nitrogen and oxygen atoms in total. The SMILES string of the molecule is CCc1c(C)nn(-c2ccc(CC(C)N)c(C)c2)c1C. The van der Waals surface area contributed by atoms with Gasteiger partial charge in [-0.15, -0.1) is 0 Å². The quantitative estimate of drug-likeness (QED) is 0.927. The number of benzene rings is 1. The molecule has 0 aliphatic rings. The highest BCUT2D eigenvalue weighted by Gasteiger charge is 2.12. The van der Waals surface area contributed by atoms with Gasteiger partial charge in [0.15, 0.2) is 0 Å². The van der Waals surface area contributed by atoms with Gasteiger partial charge in [0.25, 0.3) is 0 Å². The second-order valence-electron chi connectivity index (χ2n) is 5.71. The van der Waals surface area contributed by atoms with Crippen molar-refractivity contribution >= 4 is 0 Å². The summed E-state index contributed by atoms with van der Waals surface area (Å²) in [5.41, 5.74) is 13.3. The first-order valence-corrected chi connectivity index (χ1v) is 7.34. The Morgan fingerprint density at radius 2 is 1.95 bits per heavy atom. The molecule has 2 aromatic rings. The molecule has 0 fully saturated rings. The summed E-state index contributed by atoms with van der Waals surface area (Å²) in [5, 5.41) is 4.67. The van der Waals surface area contributed by atoms with Crippen LogP contribution in [0.1, 0.15) is 41.9 Å². The summed E-state index contributed by atoms with van der Waals surface area (Å²) in [5.74, 6) is 0. The van der Waals surface area contributed by atoms with E-state index in [1.165, 1.54) is 22.4 Å². The number of aryl methyl sites for hydroxylation is 2. The van der Waals surface area contributed by atoms with Gasteiger partial charge >= 0.3 is 0 Å². The Balaban J connectivity index is 2.42. The fourth-order valence-electron chi connectivity index (χ4n) is 2.83. The normalized spacial score (nSPS) is 12.7. The molecule has 2 N–H and O–H groups in total. The molecular weight excluding hydrogens is 246 g/mol. The van der Waals surface area contributed by atoms with Crippen molar-refractivity contribution in [2.24, 2.45) is 5.73 Å². The Morgan fingerprint density at radius 1 is 1.25 bits per heavy atom. The van der Waals surface area contributed by atoms with Crippen LogP contribution in [0.5, 0.6) is 0 Å². The van der Waals surface area contributed by atoms with Crippen molar-refractivity contribution in [1.82, 2.24) is 9.78 Å². The minimum atomic E-state index is 0.194. The molecule has 0 amide bonds. The third kappa shape index (κ3) is 2.78. The Morgan fingerprint density at radius 3 is 2.45 bits per heavy atom. The van der Waals surface area contributed by atoms with Crippen molar-refractivity contribution in [3.05, 3.63) is 46.3 Å². The van der Waals surface area contributed by atoms with Crippen molar-refractivity contribution in [2.45, 2.75) is 53.5 Å². The minimum Gasteiger partial charge on any atom is -0.328 e. The van der Waals surface area contributed by atoms with Gasteiger partial charge in [0.2, 0.25) is 0 Å². The maximum absolute atomic E-state index is 5.89. The van der Waals surface area contributed by atoms with Gasteiger partial charge in [-0.3, -0.25) is 0 Å². The molecule has 3 heteroatoms. The topological polar surface area (TPSA) is 43.8 Å². The van der Waals surface area contributed by atoms with Crippen molar-refractivity contribution in [2.75, 3.05) is 0 Å². The zero-order chi connectivity index (χ0) is 14.9. The monoisotopic (exact) mass is 271 g/mol. The summed E-state index contributed by atoms with van der Waals surface area (Å²) in [4.78, 5) is 0. The van der Waals surface area contributed by atoms with Crippen LogP contribution in [0.25, 0.3) is 5.69 Å². The predicted molar refractivity (Wildman–Crippen MR) is 84.5 cm³/mol. The summed E-state index contributed by atoms with van der Waals surface area (Å²) in [6, 6.07) is 6.72. The molecule has 0 radical (unpaired) electrons. The lowest BCUT2D eigenvalue weighted by Crippen LogP contribution is -2.18. The van der Waals surface area contributed by atoms with Gasteiger partial charge in [-0.2, -0.15) is 5.10 Å². The van der Waals surface area contributed by atoms with Crippen molar-refractivity contribution < 1.29 is 0 Å².